The first-order valence-corrected chi connectivity index (χ1v) is 36.2. The monoisotopic (exact) mass is 1290 g/mol. The quantitative estimate of drug-likeness (QED) is 0.0703. The molecular formula is C66H69ClN3O12P3S2. The van der Waals surface area contributed by atoms with Crippen LogP contribution >= 0.6 is 36.1 Å². The Balaban J connectivity index is 0.000000108. The van der Waals surface area contributed by atoms with Crippen LogP contribution in [-0.2, 0) is 72.6 Å². The molecule has 15 atom stereocenters. The molecule has 0 saturated carbocycles. The number of likely N-dealkylation sites (N-methyl/N-ethyl adjacent to an activating group) is 3. The third-order valence-electron chi connectivity index (χ3n) is 21.8. The van der Waals surface area contributed by atoms with E-state index in [1.165, 1.54) is 39.9 Å². The van der Waals surface area contributed by atoms with Crippen LogP contribution in [0, 0.1) is 37.5 Å². The predicted octanol–water partition coefficient (Wildman–Crippen LogP) is 9.15. The van der Waals surface area contributed by atoms with Crippen LogP contribution in [0.2, 0.25) is 0 Å². The molecule has 6 aliphatic heterocycles. The van der Waals surface area contributed by atoms with Crippen molar-refractivity contribution in [3.8, 4) is 17.2 Å². The van der Waals surface area contributed by atoms with Gasteiger partial charge in [0.1, 0.15) is 47.8 Å². The highest BCUT2D eigenvalue weighted by atomic mass is 35.7. The Bertz CT molecular complexity index is 3900. The van der Waals surface area contributed by atoms with Gasteiger partial charge in [-0.25, -0.2) is 8.42 Å². The normalized spacial score (nSPS) is 34.3. The van der Waals surface area contributed by atoms with E-state index < -0.39 is 37.5 Å². The molecule has 15 nitrogen and oxygen atoms in total. The first-order valence-electron chi connectivity index (χ1n) is 30.0. The van der Waals surface area contributed by atoms with E-state index in [0.717, 1.165) is 91.7 Å². The highest BCUT2D eigenvalue weighted by molar-refractivity contribution is 8.13. The van der Waals surface area contributed by atoms with Crippen molar-refractivity contribution in [3.63, 3.8) is 0 Å². The minimum Gasteiger partial charge on any atom is -0.487 e. The molecule has 1 N–H and O–H groups in total. The summed E-state index contributed by atoms with van der Waals surface area (Å²) >= 11 is 0. The van der Waals surface area contributed by atoms with Crippen LogP contribution in [0.5, 0.6) is 17.2 Å². The van der Waals surface area contributed by atoms with E-state index in [1.807, 2.05) is 44.2 Å². The molecular weight excluding hydrogens is 1220 g/mol. The topological polar surface area (TPSA) is 186 Å². The van der Waals surface area contributed by atoms with Gasteiger partial charge in [-0.05, 0) is 152 Å². The molecule has 0 radical (unpaired) electrons. The first-order chi connectivity index (χ1) is 41.7. The summed E-state index contributed by atoms with van der Waals surface area (Å²) in [6.45, 7) is 9.08. The summed E-state index contributed by atoms with van der Waals surface area (Å²) < 4.78 is 108. The molecule has 17 rings (SSSR count). The molecule has 0 aromatic heterocycles. The fraction of sp³-hybridized carbons (Fsp3) is 0.455. The van der Waals surface area contributed by atoms with E-state index in [1.54, 1.807) is 36.4 Å². The van der Waals surface area contributed by atoms with Crippen molar-refractivity contribution in [2.45, 2.75) is 134 Å². The zero-order valence-corrected chi connectivity index (χ0v) is 54.2. The van der Waals surface area contributed by atoms with Crippen LogP contribution in [-0.4, -0.2) is 126 Å². The molecule has 3 fully saturated rings. The molecule has 3 spiro atoms. The van der Waals surface area contributed by atoms with E-state index in [9.17, 15) is 35.6 Å². The SMILES string of the molecule is CN1CC[C@]23c4c5ccc(P=O)c4OC2[C@@H](O)C=C[C@H]3[C@H]1C5.C[C@@H]1C=C[C@H]2[C@H]3Cc4ccc(P=O)c5c4[C@@]2(CCN3C)C1O5.Cc1ccc(S(=O)(=O)Cl)cc1.Cc1ccc(S(=O)(=O)O[C@H]2C=C[C@H]3[C@H]4Cc5ccc(P=O)c6c5[C@@]3(CCN4C)C2O6)cc1. The average molecular weight is 1290 g/mol. The van der Waals surface area contributed by atoms with Gasteiger partial charge in [-0.2, -0.15) is 8.42 Å². The van der Waals surface area contributed by atoms with Crippen molar-refractivity contribution in [3.05, 3.63) is 166 Å². The van der Waals surface area contributed by atoms with Gasteiger partial charge in [0.05, 0.1) is 25.7 Å². The molecule has 6 heterocycles. The Kier molecular flexibility index (Phi) is 15.0. The number of halogens is 1. The summed E-state index contributed by atoms with van der Waals surface area (Å²) in [7, 11) is 4.13. The number of ether oxygens (including phenoxy) is 3. The van der Waals surface area contributed by atoms with Crippen LogP contribution in [0.15, 0.2) is 131 Å². The summed E-state index contributed by atoms with van der Waals surface area (Å²) in [5, 5.41) is 12.7. The highest BCUT2D eigenvalue weighted by Gasteiger charge is 2.67. The maximum absolute atomic E-state index is 13.1. The van der Waals surface area contributed by atoms with E-state index >= 15 is 0 Å². The molecule has 5 aromatic carbocycles. The molecule has 454 valence electrons. The van der Waals surface area contributed by atoms with Crippen molar-refractivity contribution < 1.29 is 54.0 Å². The van der Waals surface area contributed by atoms with Gasteiger partial charge in [0.2, 0.25) is 0 Å². The third kappa shape index (κ3) is 9.08. The highest BCUT2D eigenvalue weighted by Crippen LogP contribution is 2.64. The Hall–Kier alpha value is -4.99. The summed E-state index contributed by atoms with van der Waals surface area (Å²) in [5.74, 6) is 3.86. The Morgan fingerprint density at radius 1 is 0.517 bits per heavy atom. The summed E-state index contributed by atoms with van der Waals surface area (Å²) in [6.07, 6.45) is 16.9. The molecule has 21 heteroatoms. The lowest BCUT2D eigenvalue weighted by molar-refractivity contribution is -0.0449. The van der Waals surface area contributed by atoms with Gasteiger partial charge in [0, 0.05) is 85.4 Å². The second-order valence-electron chi connectivity index (χ2n) is 26.0. The number of piperidine rings is 3. The predicted molar refractivity (Wildman–Crippen MR) is 334 cm³/mol. The summed E-state index contributed by atoms with van der Waals surface area (Å²) in [6, 6.07) is 26.5. The molecule has 6 aliphatic carbocycles. The van der Waals surface area contributed by atoms with Crippen molar-refractivity contribution in [1.29, 1.82) is 0 Å². The first kappa shape index (κ1) is 59.6. The average Bonchev–Trinajstić information content (AvgIpc) is 1.62. The van der Waals surface area contributed by atoms with Crippen molar-refractivity contribution in [2.24, 2.45) is 23.7 Å². The molecule has 5 aromatic rings. The van der Waals surface area contributed by atoms with Crippen LogP contribution < -0.4 is 30.1 Å². The van der Waals surface area contributed by atoms with Crippen LogP contribution in [0.1, 0.15) is 70.7 Å². The maximum Gasteiger partial charge on any atom is 0.297 e. The smallest absolute Gasteiger partial charge is 0.297 e. The number of hydrogen-bond acceptors (Lipinski definition) is 15. The van der Waals surface area contributed by atoms with Gasteiger partial charge < -0.3 is 34.0 Å². The van der Waals surface area contributed by atoms with Gasteiger partial charge in [0.15, 0.2) is 25.4 Å². The number of nitrogens with zero attached hydrogens (tertiary/aromatic N) is 3. The van der Waals surface area contributed by atoms with Crippen molar-refractivity contribution in [1.82, 2.24) is 14.7 Å². The minimum atomic E-state index is -3.97. The lowest BCUT2D eigenvalue weighted by atomic mass is 9.52. The second kappa shape index (κ2) is 21.9. The van der Waals surface area contributed by atoms with Crippen LogP contribution in [0.3, 0.4) is 0 Å². The molecule has 12 aliphatic rings. The van der Waals surface area contributed by atoms with Crippen LogP contribution in [0.25, 0.3) is 0 Å². The summed E-state index contributed by atoms with van der Waals surface area (Å²) in [5.41, 5.74) is 9.25. The van der Waals surface area contributed by atoms with Gasteiger partial charge in [-0.1, -0.05) is 97.0 Å². The van der Waals surface area contributed by atoms with Gasteiger partial charge in [-0.15, -0.1) is 0 Å². The number of likely N-dealkylation sites (tertiary alicyclic amines) is 3. The lowest BCUT2D eigenvalue weighted by Crippen LogP contribution is -2.65. The molecule has 6 bridgehead atoms. The van der Waals surface area contributed by atoms with E-state index in [0.29, 0.717) is 52.2 Å². The van der Waals surface area contributed by atoms with Gasteiger partial charge in [-0.3, -0.25) is 17.9 Å². The zero-order valence-electron chi connectivity index (χ0n) is 49.2. The zero-order chi connectivity index (χ0) is 60.9. The maximum atomic E-state index is 13.1. The molecule has 0 amide bonds. The van der Waals surface area contributed by atoms with Crippen molar-refractivity contribution in [2.75, 3.05) is 40.8 Å². The number of benzene rings is 5. The fourth-order valence-corrected chi connectivity index (χ4v) is 20.8. The molecule has 3 unspecified atom stereocenters. The van der Waals surface area contributed by atoms with Crippen molar-refractivity contribution >= 4 is 71.1 Å². The number of aliphatic hydroxyl groups excluding tert-OH is 1. The Morgan fingerprint density at radius 2 is 0.897 bits per heavy atom. The molecule has 3 saturated heterocycles. The third-order valence-corrected chi connectivity index (χ3v) is 26.2. The Labute approximate surface area is 518 Å². The number of aryl methyl sites for hydroxylation is 2. The largest absolute Gasteiger partial charge is 0.487 e. The fourth-order valence-electron chi connectivity index (χ4n) is 17.9. The van der Waals surface area contributed by atoms with E-state index in [-0.39, 0.29) is 69.5 Å². The standard InChI is InChI=1S/C24H24NO5PS.C18H20NO2P.C17H18NO3P.C7H7ClO2S/c1-14-3-6-16(7-4-14)32(27,28)30-19-9-8-17-18-13-15-5-10-20(31-26)22-21(15)24(17,23(19)29-22)11-12-25(18)2;1-10-3-5-12-13-9-11-4-6-14(22-20)16-15(11)18(12,17(10)21-16)7-8-19(13)2;1-18-7-6-17-10-3-4-12(19)16(17)21-15-13(22-20)5-2-9(14(15)17)8-11(10)18;1-6-2-4-7(5-3-6)11(8,9)10/h3-10,17-19,23H,11-13H2,1-2H3;3-6,10,12-13,17H,7-9H2,1-2H3;2-5,10-12,16,19H,6-8H2,1H3;2-5H,1H3/t17-,18+,19-,23?,24-;10-,12+,13-,17?,18+;10-,11+,12-,16?,17-;/m010./s1. The number of rotatable bonds is 7. The minimum absolute atomic E-state index is 0.00866. The van der Waals surface area contributed by atoms with Gasteiger partial charge in [0.25, 0.3) is 19.2 Å². The number of aliphatic hydroxyl groups is 1. The number of hydrogen-bond donors (Lipinski definition) is 1. The van der Waals surface area contributed by atoms with E-state index in [4.69, 9.17) is 29.1 Å². The summed E-state index contributed by atoms with van der Waals surface area (Å²) in [4.78, 5) is 7.63. The van der Waals surface area contributed by atoms with Gasteiger partial charge >= 0.3 is 0 Å². The lowest BCUT2D eigenvalue weighted by Gasteiger charge is -2.56. The van der Waals surface area contributed by atoms with Crippen LogP contribution in [0.4, 0.5) is 0 Å². The van der Waals surface area contributed by atoms with E-state index in [2.05, 4.69) is 85.3 Å². The Morgan fingerprint density at radius 3 is 1.33 bits per heavy atom. The molecule has 87 heavy (non-hydrogen) atoms. The second-order valence-corrected chi connectivity index (χ2v) is 32.2.